The van der Waals surface area contributed by atoms with E-state index in [1.54, 1.807) is 0 Å². The molecule has 0 N–H and O–H groups in total. The summed E-state index contributed by atoms with van der Waals surface area (Å²) in [4.78, 5) is 20.6. The van der Waals surface area contributed by atoms with Crippen molar-refractivity contribution in [3.63, 3.8) is 0 Å². The molecule has 0 saturated heterocycles. The van der Waals surface area contributed by atoms with Crippen LogP contribution in [-0.4, -0.2) is 31.2 Å². The fourth-order valence-corrected chi connectivity index (χ4v) is 1.23. The molecule has 0 bridgehead atoms. The average molecular weight is 255 g/mol. The summed E-state index contributed by atoms with van der Waals surface area (Å²) in [5.74, 6) is 0.219. The summed E-state index contributed by atoms with van der Waals surface area (Å²) in [5.41, 5.74) is -0.0841. The highest BCUT2D eigenvalue weighted by Crippen LogP contribution is 2.30. The van der Waals surface area contributed by atoms with E-state index >= 15 is 0 Å². The third-order valence-corrected chi connectivity index (χ3v) is 2.00. The molecule has 18 heavy (non-hydrogen) atoms. The maximum Gasteiger partial charge on any atom is 0.302 e. The van der Waals surface area contributed by atoms with Crippen LogP contribution in [0.25, 0.3) is 0 Å². The number of methoxy groups -OCH3 is 1. The van der Waals surface area contributed by atoms with Crippen LogP contribution in [0.2, 0.25) is 0 Å². The van der Waals surface area contributed by atoms with Gasteiger partial charge in [0.1, 0.15) is 13.2 Å². The summed E-state index contributed by atoms with van der Waals surface area (Å²) in [6.45, 7) is 1.55. The second-order valence-electron chi connectivity index (χ2n) is 3.28. The minimum Gasteiger partial charge on any atom is -0.493 e. The second-order valence-corrected chi connectivity index (χ2v) is 3.28. The van der Waals surface area contributed by atoms with Crippen molar-refractivity contribution in [3.05, 3.63) is 28.3 Å². The molecule has 0 unspecified atom stereocenters. The highest BCUT2D eigenvalue weighted by atomic mass is 16.6. The molecule has 0 atom stereocenters. The minimum absolute atomic E-state index is 0.0841. The Kier molecular flexibility index (Phi) is 4.91. The van der Waals surface area contributed by atoms with Crippen molar-refractivity contribution >= 4 is 11.7 Å². The third kappa shape index (κ3) is 3.93. The number of esters is 1. The highest BCUT2D eigenvalue weighted by molar-refractivity contribution is 5.65. The molecule has 0 aliphatic carbocycles. The molecule has 7 nitrogen and oxygen atoms in total. The van der Waals surface area contributed by atoms with Gasteiger partial charge in [0.2, 0.25) is 0 Å². The lowest BCUT2D eigenvalue weighted by atomic mass is 10.3. The molecule has 0 heterocycles. The van der Waals surface area contributed by atoms with Gasteiger partial charge in [0, 0.05) is 13.0 Å². The smallest absolute Gasteiger partial charge is 0.302 e. The Morgan fingerprint density at radius 2 is 2.06 bits per heavy atom. The molecule has 0 fully saturated rings. The summed E-state index contributed by atoms with van der Waals surface area (Å²) >= 11 is 0. The number of hydrogen-bond acceptors (Lipinski definition) is 6. The first-order valence-corrected chi connectivity index (χ1v) is 5.13. The van der Waals surface area contributed by atoms with E-state index in [0.717, 1.165) is 0 Å². The number of carbonyl (C=O) groups excluding carboxylic acids is 1. The Bertz CT molecular complexity index is 445. The molecular formula is C11H13NO6. The normalized spacial score (nSPS) is 9.67. The predicted octanol–water partition coefficient (Wildman–Crippen LogP) is 1.55. The zero-order valence-corrected chi connectivity index (χ0v) is 10.0. The predicted molar refractivity (Wildman–Crippen MR) is 61.8 cm³/mol. The molecule has 0 saturated carbocycles. The number of rotatable bonds is 6. The largest absolute Gasteiger partial charge is 0.493 e. The first kappa shape index (κ1) is 13.8. The molecule has 0 aliphatic heterocycles. The van der Waals surface area contributed by atoms with Crippen LogP contribution >= 0.6 is 0 Å². The quantitative estimate of drug-likeness (QED) is 0.331. The van der Waals surface area contributed by atoms with Gasteiger partial charge in [0.15, 0.2) is 11.5 Å². The zero-order chi connectivity index (χ0) is 13.5. The first-order valence-electron chi connectivity index (χ1n) is 5.13. The number of hydrogen-bond donors (Lipinski definition) is 0. The summed E-state index contributed by atoms with van der Waals surface area (Å²) in [6, 6.07) is 4.01. The molecule has 0 spiro atoms. The number of nitro benzene ring substituents is 1. The van der Waals surface area contributed by atoms with Gasteiger partial charge in [-0.15, -0.1) is 0 Å². The van der Waals surface area contributed by atoms with Gasteiger partial charge in [-0.1, -0.05) is 0 Å². The third-order valence-electron chi connectivity index (χ3n) is 2.00. The first-order chi connectivity index (χ1) is 8.54. The Morgan fingerprint density at radius 1 is 1.33 bits per heavy atom. The van der Waals surface area contributed by atoms with Crippen molar-refractivity contribution in [3.8, 4) is 11.5 Å². The topological polar surface area (TPSA) is 87.9 Å². The minimum atomic E-state index is -0.523. The number of nitrogens with zero attached hydrogens (tertiary/aromatic N) is 1. The van der Waals surface area contributed by atoms with Crippen LogP contribution in [0.1, 0.15) is 6.92 Å². The van der Waals surface area contributed by atoms with E-state index in [1.807, 2.05) is 0 Å². The van der Waals surface area contributed by atoms with Gasteiger partial charge in [0.05, 0.1) is 18.1 Å². The Labute approximate surface area is 103 Å². The lowest BCUT2D eigenvalue weighted by Crippen LogP contribution is -2.10. The molecule has 1 aromatic carbocycles. The van der Waals surface area contributed by atoms with Crippen LogP contribution < -0.4 is 9.47 Å². The second kappa shape index (κ2) is 6.43. The van der Waals surface area contributed by atoms with E-state index in [4.69, 9.17) is 9.47 Å². The van der Waals surface area contributed by atoms with Crippen molar-refractivity contribution in [2.45, 2.75) is 6.92 Å². The maximum absolute atomic E-state index is 10.6. The van der Waals surface area contributed by atoms with E-state index in [0.29, 0.717) is 5.75 Å². The summed E-state index contributed by atoms with van der Waals surface area (Å²) < 4.78 is 15.0. The number of non-ortho nitro benzene ring substituents is 1. The van der Waals surface area contributed by atoms with Crippen LogP contribution in [0.15, 0.2) is 18.2 Å². The van der Waals surface area contributed by atoms with Crippen LogP contribution in [0.5, 0.6) is 11.5 Å². The molecule has 0 aromatic heterocycles. The highest BCUT2D eigenvalue weighted by Gasteiger charge is 2.12. The fourth-order valence-electron chi connectivity index (χ4n) is 1.23. The van der Waals surface area contributed by atoms with E-state index < -0.39 is 10.9 Å². The standard InChI is InChI=1S/C11H13NO6/c1-8(13)17-5-6-18-10-4-3-9(12(14)15)7-11(10)16-2/h3-4,7H,5-6H2,1-2H3. The number of ether oxygens (including phenoxy) is 3. The van der Waals surface area contributed by atoms with Crippen molar-refractivity contribution in [1.82, 2.24) is 0 Å². The van der Waals surface area contributed by atoms with Gasteiger partial charge in [0.25, 0.3) is 5.69 Å². The molecule has 0 radical (unpaired) electrons. The van der Waals surface area contributed by atoms with Crippen LogP contribution in [0.4, 0.5) is 5.69 Å². The van der Waals surface area contributed by atoms with Crippen LogP contribution in [-0.2, 0) is 9.53 Å². The van der Waals surface area contributed by atoms with Gasteiger partial charge in [-0.25, -0.2) is 0 Å². The van der Waals surface area contributed by atoms with E-state index in [1.165, 1.54) is 32.2 Å². The van der Waals surface area contributed by atoms with Gasteiger partial charge in [-0.3, -0.25) is 14.9 Å². The van der Waals surface area contributed by atoms with Crippen LogP contribution in [0.3, 0.4) is 0 Å². The molecule has 1 rings (SSSR count). The molecule has 0 amide bonds. The van der Waals surface area contributed by atoms with Crippen molar-refractivity contribution < 1.29 is 23.9 Å². The molecule has 1 aromatic rings. The van der Waals surface area contributed by atoms with Gasteiger partial charge >= 0.3 is 5.97 Å². The Hall–Kier alpha value is -2.31. The SMILES string of the molecule is COc1cc([N+](=O)[O-])ccc1OCCOC(C)=O. The summed E-state index contributed by atoms with van der Waals surface area (Å²) in [7, 11) is 1.39. The van der Waals surface area contributed by atoms with E-state index in [9.17, 15) is 14.9 Å². The number of carbonyl (C=O) groups is 1. The van der Waals surface area contributed by atoms with E-state index in [2.05, 4.69) is 4.74 Å². The Morgan fingerprint density at radius 3 is 2.61 bits per heavy atom. The Balaban J connectivity index is 2.65. The van der Waals surface area contributed by atoms with Gasteiger partial charge in [-0.2, -0.15) is 0 Å². The summed E-state index contributed by atoms with van der Waals surface area (Å²) in [6.07, 6.45) is 0. The van der Waals surface area contributed by atoms with Gasteiger partial charge in [-0.05, 0) is 6.07 Å². The number of benzene rings is 1. The van der Waals surface area contributed by atoms with Gasteiger partial charge < -0.3 is 14.2 Å². The van der Waals surface area contributed by atoms with Crippen molar-refractivity contribution in [2.75, 3.05) is 20.3 Å². The average Bonchev–Trinajstić information content (AvgIpc) is 2.34. The maximum atomic E-state index is 10.6. The number of nitro groups is 1. The molecule has 0 aliphatic rings. The summed E-state index contributed by atoms with van der Waals surface area (Å²) in [5, 5.41) is 10.6. The lowest BCUT2D eigenvalue weighted by molar-refractivity contribution is -0.384. The fraction of sp³-hybridized carbons (Fsp3) is 0.364. The zero-order valence-electron chi connectivity index (χ0n) is 10.0. The lowest BCUT2D eigenvalue weighted by Gasteiger charge is -2.10. The molecule has 98 valence electrons. The molecular weight excluding hydrogens is 242 g/mol. The monoisotopic (exact) mass is 255 g/mol. The molecule has 7 heteroatoms. The van der Waals surface area contributed by atoms with Crippen molar-refractivity contribution in [1.29, 1.82) is 0 Å². The van der Waals surface area contributed by atoms with E-state index in [-0.39, 0.29) is 24.7 Å². The van der Waals surface area contributed by atoms with Crippen molar-refractivity contribution in [2.24, 2.45) is 0 Å². The van der Waals surface area contributed by atoms with Crippen LogP contribution in [0, 0.1) is 10.1 Å².